The molecule has 0 aliphatic carbocycles. The molecule has 4 heterocycles. The smallest absolute Gasteiger partial charge is 0.350 e. The number of nitrogens with one attached hydrogen (secondary N) is 1. The van der Waals surface area contributed by atoms with Crippen molar-refractivity contribution in [1.29, 1.82) is 0 Å². The Bertz CT molecular complexity index is 975. The molecule has 0 bridgehead atoms. The summed E-state index contributed by atoms with van der Waals surface area (Å²) in [7, 11) is 0. The topological polar surface area (TPSA) is 71.2 Å². The van der Waals surface area contributed by atoms with Gasteiger partial charge in [0.25, 0.3) is 0 Å². The number of fused-ring (bicyclic) bond motifs is 1. The first-order valence-electron chi connectivity index (χ1n) is 8.33. The molecule has 28 heavy (non-hydrogen) atoms. The fourth-order valence-electron chi connectivity index (χ4n) is 3.15. The summed E-state index contributed by atoms with van der Waals surface area (Å²) in [4.78, 5) is 17.4. The Hall–Kier alpha value is -2.69. The van der Waals surface area contributed by atoms with Crippen LogP contribution >= 0.6 is 11.6 Å². The second kappa shape index (κ2) is 7.04. The zero-order valence-corrected chi connectivity index (χ0v) is 15.0. The van der Waals surface area contributed by atoms with Crippen LogP contribution in [0, 0.1) is 0 Å². The molecule has 1 N–H and O–H groups in total. The van der Waals surface area contributed by atoms with Gasteiger partial charge in [-0.15, -0.1) is 0 Å². The molecule has 1 saturated heterocycles. The van der Waals surface area contributed by atoms with Crippen molar-refractivity contribution < 1.29 is 17.6 Å². The maximum atomic E-state index is 14.3. The van der Waals surface area contributed by atoms with Crippen molar-refractivity contribution in [3.8, 4) is 0 Å². The Balaban J connectivity index is 1.52. The summed E-state index contributed by atoms with van der Waals surface area (Å²) in [5.74, 6) is 0.508. The first-order valence-corrected chi connectivity index (χ1v) is 8.71. The van der Waals surface area contributed by atoms with E-state index < -0.39 is 24.0 Å². The summed E-state index contributed by atoms with van der Waals surface area (Å²) in [5, 5.41) is 3.18. The highest BCUT2D eigenvalue weighted by atomic mass is 35.5. The lowest BCUT2D eigenvalue weighted by atomic mass is 10.0. The van der Waals surface area contributed by atoms with Crippen molar-refractivity contribution in [2.24, 2.45) is 0 Å². The first-order chi connectivity index (χ1) is 13.3. The van der Waals surface area contributed by atoms with Gasteiger partial charge in [-0.05, 0) is 0 Å². The fraction of sp³-hybridized carbons (Fsp3) is 0.375. The molecule has 0 spiro atoms. The van der Waals surface area contributed by atoms with Gasteiger partial charge in [0.1, 0.15) is 11.7 Å². The van der Waals surface area contributed by atoms with Crippen LogP contribution in [-0.2, 0) is 6.18 Å². The molecule has 0 radical (unpaired) electrons. The summed E-state index contributed by atoms with van der Waals surface area (Å²) in [5.41, 5.74) is -0.350. The molecular formula is C16H14ClF4N7. The van der Waals surface area contributed by atoms with Gasteiger partial charge in [0.15, 0.2) is 5.15 Å². The molecule has 12 heteroatoms. The number of hydrogen-bond acceptors (Lipinski definition) is 6. The zero-order valence-electron chi connectivity index (χ0n) is 14.2. The highest BCUT2D eigenvalue weighted by Gasteiger charge is 2.32. The standard InChI is InChI=1S/C16H14ClF4N7/c17-13-12-6-25-15(28(12)2-1-22-13)27-7-10(18)3-11(8-27)26-14-23-4-9(5-24-14)16(19,20)21/h1-2,4-6,10-11H,3,7-8H2,(H,23,24,26)/t10?,11-/m1/s1. The summed E-state index contributed by atoms with van der Waals surface area (Å²) >= 11 is 6.05. The van der Waals surface area contributed by atoms with Gasteiger partial charge in [0.2, 0.25) is 11.9 Å². The highest BCUT2D eigenvalue weighted by molar-refractivity contribution is 6.32. The normalized spacial score (nSPS) is 20.5. The summed E-state index contributed by atoms with van der Waals surface area (Å²) in [6.07, 6.45) is 0.628. The van der Waals surface area contributed by atoms with Crippen LogP contribution in [0.3, 0.4) is 0 Å². The monoisotopic (exact) mass is 415 g/mol. The number of hydrogen-bond donors (Lipinski definition) is 1. The molecule has 2 atom stereocenters. The molecule has 148 valence electrons. The van der Waals surface area contributed by atoms with Crippen molar-refractivity contribution >= 4 is 29.0 Å². The molecule has 1 aliphatic rings. The molecule has 1 unspecified atom stereocenters. The van der Waals surface area contributed by atoms with Crippen LogP contribution in [-0.4, -0.2) is 49.6 Å². The van der Waals surface area contributed by atoms with Crippen LogP contribution in [0.15, 0.2) is 31.0 Å². The third-order valence-corrected chi connectivity index (χ3v) is 4.68. The van der Waals surface area contributed by atoms with Crippen molar-refractivity contribution in [2.45, 2.75) is 24.8 Å². The van der Waals surface area contributed by atoms with E-state index in [4.69, 9.17) is 11.6 Å². The van der Waals surface area contributed by atoms with Gasteiger partial charge >= 0.3 is 6.18 Å². The Labute approximate surface area is 161 Å². The van der Waals surface area contributed by atoms with Gasteiger partial charge in [-0.1, -0.05) is 11.6 Å². The van der Waals surface area contributed by atoms with E-state index in [0.717, 1.165) is 0 Å². The zero-order chi connectivity index (χ0) is 19.9. The molecule has 4 rings (SSSR count). The molecule has 0 saturated carbocycles. The van der Waals surface area contributed by atoms with Crippen molar-refractivity contribution in [3.05, 3.63) is 41.7 Å². The molecule has 7 nitrogen and oxygen atoms in total. The molecule has 3 aromatic heterocycles. The molecule has 3 aromatic rings. The van der Waals surface area contributed by atoms with E-state index in [-0.39, 0.29) is 24.1 Å². The van der Waals surface area contributed by atoms with Gasteiger partial charge in [0, 0.05) is 43.8 Å². The van der Waals surface area contributed by atoms with Crippen LogP contribution in [0.5, 0.6) is 0 Å². The number of rotatable bonds is 3. The van der Waals surface area contributed by atoms with E-state index in [2.05, 4.69) is 25.3 Å². The summed E-state index contributed by atoms with van der Waals surface area (Å²) < 4.78 is 53.9. The van der Waals surface area contributed by atoms with Gasteiger partial charge in [-0.2, -0.15) is 13.2 Å². The molecule has 1 fully saturated rings. The van der Waals surface area contributed by atoms with E-state index in [0.29, 0.717) is 30.4 Å². The van der Waals surface area contributed by atoms with Crippen LogP contribution in [0.2, 0.25) is 5.15 Å². The molecule has 0 amide bonds. The van der Waals surface area contributed by atoms with E-state index >= 15 is 0 Å². The van der Waals surface area contributed by atoms with Gasteiger partial charge in [0.05, 0.1) is 18.3 Å². The van der Waals surface area contributed by atoms with Crippen molar-refractivity contribution in [3.63, 3.8) is 0 Å². The molecular weight excluding hydrogens is 402 g/mol. The van der Waals surface area contributed by atoms with Crippen molar-refractivity contribution in [1.82, 2.24) is 24.3 Å². The van der Waals surface area contributed by atoms with Crippen LogP contribution in [0.4, 0.5) is 29.5 Å². The Kier molecular flexibility index (Phi) is 4.69. The maximum absolute atomic E-state index is 14.3. The SMILES string of the molecule is FC1C[C@@H](Nc2ncc(C(F)(F)F)cn2)CN(c2ncc3c(Cl)nccn23)C1. The quantitative estimate of drug-likeness (QED) is 0.662. The number of piperidine rings is 1. The van der Waals surface area contributed by atoms with E-state index in [1.54, 1.807) is 21.7 Å². The van der Waals surface area contributed by atoms with Crippen molar-refractivity contribution in [2.75, 3.05) is 23.3 Å². The van der Waals surface area contributed by atoms with E-state index in [1.165, 1.54) is 6.20 Å². The number of anilines is 2. The molecule has 0 aromatic carbocycles. The number of aromatic nitrogens is 5. The minimum absolute atomic E-state index is 0.00673. The minimum atomic E-state index is -4.51. The van der Waals surface area contributed by atoms with Crippen LogP contribution < -0.4 is 10.2 Å². The fourth-order valence-corrected chi connectivity index (χ4v) is 3.35. The Morgan fingerprint density at radius 1 is 1.07 bits per heavy atom. The predicted molar refractivity (Wildman–Crippen MR) is 94.2 cm³/mol. The third-order valence-electron chi connectivity index (χ3n) is 4.39. The predicted octanol–water partition coefficient (Wildman–Crippen LogP) is 3.22. The van der Waals surface area contributed by atoms with E-state index in [1.807, 2.05) is 0 Å². The number of imidazole rings is 1. The highest BCUT2D eigenvalue weighted by Crippen LogP contribution is 2.29. The Morgan fingerprint density at radius 2 is 1.82 bits per heavy atom. The van der Waals surface area contributed by atoms with Gasteiger partial charge in [-0.3, -0.25) is 4.40 Å². The third kappa shape index (κ3) is 3.66. The average Bonchev–Trinajstić information content (AvgIpc) is 3.06. The lowest BCUT2D eigenvalue weighted by Crippen LogP contribution is -2.48. The lowest BCUT2D eigenvalue weighted by molar-refractivity contribution is -0.138. The number of halogens is 5. The summed E-state index contributed by atoms with van der Waals surface area (Å²) in [6, 6.07) is -0.412. The number of alkyl halides is 4. The second-order valence-electron chi connectivity index (χ2n) is 6.40. The second-order valence-corrected chi connectivity index (χ2v) is 6.76. The van der Waals surface area contributed by atoms with Crippen LogP contribution in [0.25, 0.3) is 5.52 Å². The van der Waals surface area contributed by atoms with Crippen LogP contribution in [0.1, 0.15) is 12.0 Å². The van der Waals surface area contributed by atoms with Gasteiger partial charge in [-0.25, -0.2) is 24.3 Å². The average molecular weight is 416 g/mol. The van der Waals surface area contributed by atoms with Gasteiger partial charge < -0.3 is 10.2 Å². The lowest BCUT2D eigenvalue weighted by Gasteiger charge is -2.35. The van der Waals surface area contributed by atoms with E-state index in [9.17, 15) is 17.6 Å². The first kappa shape index (κ1) is 18.7. The number of nitrogens with zero attached hydrogens (tertiary/aromatic N) is 6. The largest absolute Gasteiger partial charge is 0.419 e. The minimum Gasteiger partial charge on any atom is -0.350 e. The Morgan fingerprint density at radius 3 is 2.54 bits per heavy atom. The maximum Gasteiger partial charge on any atom is 0.419 e. The molecule has 1 aliphatic heterocycles. The summed E-state index contributed by atoms with van der Waals surface area (Å²) in [6.45, 7) is 0.495.